The highest BCUT2D eigenvalue weighted by Gasteiger charge is 2.17. The molecular weight excluding hydrogens is 352 g/mol. The number of carbonyl (C=O) groups excluding carboxylic acids is 1. The van der Waals surface area contributed by atoms with Crippen molar-refractivity contribution < 1.29 is 19.0 Å². The molecule has 0 aliphatic heterocycles. The van der Waals surface area contributed by atoms with Gasteiger partial charge in [-0.05, 0) is 67.6 Å². The number of hydrogen-bond donors (Lipinski definition) is 0. The van der Waals surface area contributed by atoms with E-state index in [0.29, 0.717) is 22.3 Å². The van der Waals surface area contributed by atoms with Gasteiger partial charge in [0.15, 0.2) is 6.10 Å². The third kappa shape index (κ3) is 5.01. The smallest absolute Gasteiger partial charge is 0.352 e. The van der Waals surface area contributed by atoms with Gasteiger partial charge in [0.2, 0.25) is 0 Å². The fourth-order valence-corrected chi connectivity index (χ4v) is 2.29. The first kappa shape index (κ1) is 17.8. The second kappa shape index (κ2) is 8.41. The molecule has 0 bridgehead atoms. The van der Waals surface area contributed by atoms with E-state index in [1.807, 2.05) is 30.3 Å². The van der Waals surface area contributed by atoms with Crippen LogP contribution in [0, 0.1) is 0 Å². The van der Waals surface area contributed by atoms with Crippen LogP contribution in [-0.2, 0) is 4.79 Å². The first-order valence-corrected chi connectivity index (χ1v) is 8.45. The molecule has 0 aromatic heterocycles. The number of para-hydroxylation sites is 1. The van der Waals surface area contributed by atoms with E-state index in [1.165, 1.54) is 0 Å². The SMILES string of the molecule is C[C@@H](Oc1ccc(Cl)cc1)C(=O)Oc1ccc(Oc2ccccc2)cc1. The first-order chi connectivity index (χ1) is 12.6. The summed E-state index contributed by atoms with van der Waals surface area (Å²) in [5.41, 5.74) is 0. The number of benzene rings is 3. The number of carbonyl (C=O) groups is 1. The van der Waals surface area contributed by atoms with Gasteiger partial charge in [-0.25, -0.2) is 4.79 Å². The fraction of sp³-hybridized carbons (Fsp3) is 0.0952. The molecule has 0 N–H and O–H groups in total. The standard InChI is InChI=1S/C21H17ClO4/c1-15(24-18-9-7-16(22)8-10-18)21(23)26-20-13-11-19(12-14-20)25-17-5-3-2-4-6-17/h2-15H,1H3/t15-/m1/s1. The normalized spacial score (nSPS) is 11.5. The maximum Gasteiger partial charge on any atom is 0.352 e. The minimum Gasteiger partial charge on any atom is -0.479 e. The van der Waals surface area contributed by atoms with Gasteiger partial charge in [0.25, 0.3) is 0 Å². The third-order valence-electron chi connectivity index (χ3n) is 3.48. The van der Waals surface area contributed by atoms with Crippen molar-refractivity contribution in [2.45, 2.75) is 13.0 Å². The highest BCUT2D eigenvalue weighted by atomic mass is 35.5. The molecule has 0 radical (unpaired) electrons. The molecule has 26 heavy (non-hydrogen) atoms. The lowest BCUT2D eigenvalue weighted by molar-refractivity contribution is -0.141. The maximum absolute atomic E-state index is 12.2. The summed E-state index contributed by atoms with van der Waals surface area (Å²) in [5, 5.41) is 0.602. The zero-order chi connectivity index (χ0) is 18.4. The molecule has 0 saturated heterocycles. The van der Waals surface area contributed by atoms with Gasteiger partial charge >= 0.3 is 5.97 Å². The Hall–Kier alpha value is -2.98. The predicted octanol–water partition coefficient (Wildman–Crippen LogP) is 5.51. The molecule has 132 valence electrons. The van der Waals surface area contributed by atoms with Crippen LogP contribution >= 0.6 is 11.6 Å². The van der Waals surface area contributed by atoms with Crippen LogP contribution in [0.2, 0.25) is 5.02 Å². The summed E-state index contributed by atoms with van der Waals surface area (Å²) in [6.07, 6.45) is -0.753. The fourth-order valence-electron chi connectivity index (χ4n) is 2.16. The van der Waals surface area contributed by atoms with Crippen LogP contribution < -0.4 is 14.2 Å². The molecule has 5 heteroatoms. The summed E-state index contributed by atoms with van der Waals surface area (Å²) in [5.74, 6) is 1.87. The van der Waals surface area contributed by atoms with Crippen molar-refractivity contribution in [3.8, 4) is 23.0 Å². The Bertz CT molecular complexity index is 845. The lowest BCUT2D eigenvalue weighted by atomic mass is 10.3. The van der Waals surface area contributed by atoms with Crippen molar-refractivity contribution in [2.24, 2.45) is 0 Å². The minimum absolute atomic E-state index is 0.418. The number of rotatable bonds is 6. The zero-order valence-corrected chi connectivity index (χ0v) is 14.8. The van der Waals surface area contributed by atoms with Crippen molar-refractivity contribution in [1.82, 2.24) is 0 Å². The lowest BCUT2D eigenvalue weighted by Crippen LogP contribution is -2.28. The third-order valence-corrected chi connectivity index (χ3v) is 3.73. The average molecular weight is 369 g/mol. The quantitative estimate of drug-likeness (QED) is 0.425. The Kier molecular flexibility index (Phi) is 5.77. The summed E-state index contributed by atoms with van der Waals surface area (Å²) in [4.78, 5) is 12.2. The van der Waals surface area contributed by atoms with E-state index in [4.69, 9.17) is 25.8 Å². The molecule has 0 aliphatic rings. The molecule has 3 rings (SSSR count). The van der Waals surface area contributed by atoms with Gasteiger partial charge in [-0.1, -0.05) is 29.8 Å². The molecule has 0 unspecified atom stereocenters. The Morgan fingerprint density at radius 2 is 1.31 bits per heavy atom. The second-order valence-electron chi connectivity index (χ2n) is 5.52. The number of hydrogen-bond acceptors (Lipinski definition) is 4. The van der Waals surface area contributed by atoms with E-state index in [0.717, 1.165) is 5.75 Å². The van der Waals surface area contributed by atoms with Crippen molar-refractivity contribution in [1.29, 1.82) is 0 Å². The van der Waals surface area contributed by atoms with Crippen LogP contribution in [-0.4, -0.2) is 12.1 Å². The van der Waals surface area contributed by atoms with E-state index >= 15 is 0 Å². The van der Waals surface area contributed by atoms with Crippen LogP contribution in [0.1, 0.15) is 6.92 Å². The van der Waals surface area contributed by atoms with Crippen LogP contribution in [0.4, 0.5) is 0 Å². The van der Waals surface area contributed by atoms with Crippen LogP contribution in [0.3, 0.4) is 0 Å². The molecular formula is C21H17ClO4. The minimum atomic E-state index is -0.753. The van der Waals surface area contributed by atoms with Gasteiger partial charge < -0.3 is 14.2 Å². The zero-order valence-electron chi connectivity index (χ0n) is 14.1. The Morgan fingerprint density at radius 3 is 1.96 bits per heavy atom. The van der Waals surface area contributed by atoms with Crippen molar-refractivity contribution >= 4 is 17.6 Å². The Balaban J connectivity index is 1.56. The van der Waals surface area contributed by atoms with Crippen molar-refractivity contribution in [3.63, 3.8) is 0 Å². The van der Waals surface area contributed by atoms with Gasteiger partial charge in [-0.15, -0.1) is 0 Å². The predicted molar refractivity (Wildman–Crippen MR) is 100 cm³/mol. The molecule has 0 spiro atoms. The molecule has 0 aliphatic carbocycles. The van der Waals surface area contributed by atoms with Crippen molar-refractivity contribution in [2.75, 3.05) is 0 Å². The van der Waals surface area contributed by atoms with E-state index in [1.54, 1.807) is 55.5 Å². The summed E-state index contributed by atoms with van der Waals surface area (Å²) in [6.45, 7) is 1.63. The summed E-state index contributed by atoms with van der Waals surface area (Å²) < 4.78 is 16.6. The van der Waals surface area contributed by atoms with Gasteiger partial charge in [0.1, 0.15) is 23.0 Å². The second-order valence-corrected chi connectivity index (χ2v) is 5.96. The van der Waals surface area contributed by atoms with E-state index in [2.05, 4.69) is 0 Å². The average Bonchev–Trinajstić information content (AvgIpc) is 2.66. The van der Waals surface area contributed by atoms with Gasteiger partial charge in [0, 0.05) is 5.02 Å². The van der Waals surface area contributed by atoms with Crippen molar-refractivity contribution in [3.05, 3.63) is 83.9 Å². The Labute approximate surface area is 156 Å². The number of ether oxygens (including phenoxy) is 3. The molecule has 3 aromatic rings. The lowest BCUT2D eigenvalue weighted by Gasteiger charge is -2.14. The van der Waals surface area contributed by atoms with Crippen LogP contribution in [0.5, 0.6) is 23.0 Å². The molecule has 0 saturated carbocycles. The molecule has 4 nitrogen and oxygen atoms in total. The maximum atomic E-state index is 12.2. The number of esters is 1. The highest BCUT2D eigenvalue weighted by molar-refractivity contribution is 6.30. The Morgan fingerprint density at radius 1 is 0.769 bits per heavy atom. The van der Waals surface area contributed by atoms with Gasteiger partial charge in [0.05, 0.1) is 0 Å². The molecule has 0 heterocycles. The van der Waals surface area contributed by atoms with E-state index < -0.39 is 12.1 Å². The molecule has 0 fully saturated rings. The first-order valence-electron chi connectivity index (χ1n) is 8.07. The van der Waals surface area contributed by atoms with E-state index in [-0.39, 0.29) is 0 Å². The summed E-state index contributed by atoms with van der Waals surface area (Å²) >= 11 is 5.82. The molecule has 1 atom stereocenters. The van der Waals surface area contributed by atoms with Crippen LogP contribution in [0.15, 0.2) is 78.9 Å². The van der Waals surface area contributed by atoms with Gasteiger partial charge in [-0.2, -0.15) is 0 Å². The highest BCUT2D eigenvalue weighted by Crippen LogP contribution is 2.24. The van der Waals surface area contributed by atoms with E-state index in [9.17, 15) is 4.79 Å². The van der Waals surface area contributed by atoms with Gasteiger partial charge in [-0.3, -0.25) is 0 Å². The largest absolute Gasteiger partial charge is 0.479 e. The number of halogens is 1. The monoisotopic (exact) mass is 368 g/mol. The summed E-state index contributed by atoms with van der Waals surface area (Å²) in [6, 6.07) is 23.0. The molecule has 0 amide bonds. The topological polar surface area (TPSA) is 44.8 Å². The van der Waals surface area contributed by atoms with Crippen LogP contribution in [0.25, 0.3) is 0 Å². The summed E-state index contributed by atoms with van der Waals surface area (Å²) in [7, 11) is 0. The molecule has 3 aromatic carbocycles.